The molecular formula is C15H25BN2O4. The molecule has 0 aliphatic carbocycles. The number of hydrogen-bond acceptors (Lipinski definition) is 5. The van der Waals surface area contributed by atoms with Crippen molar-refractivity contribution in [3.8, 4) is 5.88 Å². The molecule has 1 aromatic heterocycles. The van der Waals surface area contributed by atoms with Crippen LogP contribution >= 0.6 is 0 Å². The molecule has 0 amide bonds. The number of aromatic nitrogens is 2. The summed E-state index contributed by atoms with van der Waals surface area (Å²) < 4.78 is 25.2. The summed E-state index contributed by atoms with van der Waals surface area (Å²) in [4.78, 5) is 0. The quantitative estimate of drug-likeness (QED) is 0.798. The van der Waals surface area contributed by atoms with Gasteiger partial charge in [-0.15, -0.1) is 5.10 Å². The number of methoxy groups -OCH3 is 1. The predicted octanol–water partition coefficient (Wildman–Crippen LogP) is 1.89. The van der Waals surface area contributed by atoms with Crippen LogP contribution in [0.4, 0.5) is 0 Å². The summed E-state index contributed by atoms with van der Waals surface area (Å²) in [5.41, 5.74) is 0.0495. The van der Waals surface area contributed by atoms with E-state index in [0.717, 1.165) is 31.3 Å². The van der Waals surface area contributed by atoms with Gasteiger partial charge in [0, 0.05) is 12.8 Å². The third kappa shape index (κ3) is 2.66. The van der Waals surface area contributed by atoms with E-state index in [0.29, 0.717) is 5.88 Å². The van der Waals surface area contributed by atoms with Gasteiger partial charge in [-0.25, -0.2) is 4.68 Å². The minimum Gasteiger partial charge on any atom is -0.480 e. The van der Waals surface area contributed by atoms with Gasteiger partial charge in [-0.2, -0.15) is 0 Å². The maximum atomic E-state index is 6.10. The smallest absolute Gasteiger partial charge is 0.480 e. The molecule has 6 nitrogen and oxygen atoms in total. The first-order valence-electron chi connectivity index (χ1n) is 7.94. The van der Waals surface area contributed by atoms with Crippen LogP contribution in [0.1, 0.15) is 53.2 Å². The van der Waals surface area contributed by atoms with Crippen LogP contribution in [0.15, 0.2) is 6.20 Å². The van der Waals surface area contributed by atoms with E-state index in [2.05, 4.69) is 5.10 Å². The highest BCUT2D eigenvalue weighted by atomic mass is 16.7. The van der Waals surface area contributed by atoms with Gasteiger partial charge in [0.1, 0.15) is 6.23 Å². The summed E-state index contributed by atoms with van der Waals surface area (Å²) in [6.45, 7) is 8.92. The molecule has 0 spiro atoms. The molecule has 2 fully saturated rings. The molecule has 0 bridgehead atoms. The predicted molar refractivity (Wildman–Crippen MR) is 83.3 cm³/mol. The van der Waals surface area contributed by atoms with Crippen molar-refractivity contribution < 1.29 is 18.8 Å². The van der Waals surface area contributed by atoms with Gasteiger partial charge >= 0.3 is 7.12 Å². The fraction of sp³-hybridized carbons (Fsp3) is 0.800. The molecule has 2 aliphatic heterocycles. The summed E-state index contributed by atoms with van der Waals surface area (Å²) in [5.74, 6) is 0.535. The first kappa shape index (κ1) is 15.8. The van der Waals surface area contributed by atoms with Gasteiger partial charge in [-0.1, -0.05) is 0 Å². The molecule has 1 aromatic rings. The minimum atomic E-state index is -0.475. The van der Waals surface area contributed by atoms with Crippen molar-refractivity contribution in [1.82, 2.24) is 9.78 Å². The van der Waals surface area contributed by atoms with Crippen LogP contribution in [-0.4, -0.2) is 41.8 Å². The van der Waals surface area contributed by atoms with Crippen LogP contribution in [0.3, 0.4) is 0 Å². The number of ether oxygens (including phenoxy) is 2. The molecular weight excluding hydrogens is 283 g/mol. The third-order valence-corrected chi connectivity index (χ3v) is 4.88. The first-order valence-corrected chi connectivity index (χ1v) is 7.94. The monoisotopic (exact) mass is 308 g/mol. The number of nitrogens with zero attached hydrogens (tertiary/aromatic N) is 2. The summed E-state index contributed by atoms with van der Waals surface area (Å²) in [6, 6.07) is 0. The Morgan fingerprint density at radius 2 is 1.91 bits per heavy atom. The largest absolute Gasteiger partial charge is 0.502 e. The van der Waals surface area contributed by atoms with E-state index in [-0.39, 0.29) is 17.4 Å². The van der Waals surface area contributed by atoms with Crippen molar-refractivity contribution in [3.05, 3.63) is 6.20 Å². The van der Waals surface area contributed by atoms with Gasteiger partial charge in [-0.3, -0.25) is 0 Å². The molecule has 3 rings (SSSR count). The van der Waals surface area contributed by atoms with Crippen LogP contribution in [-0.2, 0) is 14.0 Å². The topological polar surface area (TPSA) is 54.7 Å². The highest BCUT2D eigenvalue weighted by Crippen LogP contribution is 2.37. The Hall–Kier alpha value is -1.05. The normalized spacial score (nSPS) is 27.1. The lowest BCUT2D eigenvalue weighted by Crippen LogP contribution is -2.41. The number of rotatable bonds is 3. The SMILES string of the molecule is COc1nn(C2CCCCO2)cc1B1OC(C)(C)C(C)(C)O1. The van der Waals surface area contributed by atoms with Gasteiger partial charge in [0.05, 0.1) is 23.8 Å². The van der Waals surface area contributed by atoms with Crippen molar-refractivity contribution in [2.45, 2.75) is 64.4 Å². The van der Waals surface area contributed by atoms with Crippen molar-refractivity contribution >= 4 is 12.6 Å². The molecule has 22 heavy (non-hydrogen) atoms. The second kappa shape index (κ2) is 5.55. The van der Waals surface area contributed by atoms with Gasteiger partial charge in [0.2, 0.25) is 5.88 Å². The fourth-order valence-corrected chi connectivity index (χ4v) is 2.76. The van der Waals surface area contributed by atoms with E-state index in [1.54, 1.807) is 7.11 Å². The molecule has 2 saturated heterocycles. The maximum Gasteiger partial charge on any atom is 0.502 e. The van der Waals surface area contributed by atoms with E-state index < -0.39 is 7.12 Å². The van der Waals surface area contributed by atoms with E-state index in [1.807, 2.05) is 38.6 Å². The van der Waals surface area contributed by atoms with Gasteiger partial charge in [0.15, 0.2) is 0 Å². The van der Waals surface area contributed by atoms with Crippen LogP contribution in [0, 0.1) is 0 Å². The Morgan fingerprint density at radius 3 is 2.45 bits per heavy atom. The highest BCUT2D eigenvalue weighted by Gasteiger charge is 2.53. The van der Waals surface area contributed by atoms with Gasteiger partial charge in [0.25, 0.3) is 0 Å². The standard InChI is InChI=1S/C15H25BN2O4/c1-14(2)15(3,4)22-16(21-14)11-10-18(17-13(11)19-5)12-8-6-7-9-20-12/h10,12H,6-9H2,1-5H3. The van der Waals surface area contributed by atoms with Crippen LogP contribution in [0.25, 0.3) is 0 Å². The Morgan fingerprint density at radius 1 is 1.23 bits per heavy atom. The highest BCUT2D eigenvalue weighted by molar-refractivity contribution is 6.63. The van der Waals surface area contributed by atoms with E-state index in [1.165, 1.54) is 0 Å². The molecule has 0 saturated carbocycles. The Bertz CT molecular complexity index is 522. The van der Waals surface area contributed by atoms with E-state index >= 15 is 0 Å². The zero-order chi connectivity index (χ0) is 16.0. The summed E-state index contributed by atoms with van der Waals surface area (Å²) >= 11 is 0. The summed E-state index contributed by atoms with van der Waals surface area (Å²) in [5, 5.41) is 4.50. The average molecular weight is 308 g/mol. The van der Waals surface area contributed by atoms with Crippen LogP contribution in [0.2, 0.25) is 0 Å². The van der Waals surface area contributed by atoms with Crippen molar-refractivity contribution in [2.24, 2.45) is 0 Å². The Labute approximate surface area is 132 Å². The minimum absolute atomic E-state index is 0.0289. The molecule has 0 radical (unpaired) electrons. The summed E-state index contributed by atoms with van der Waals surface area (Å²) in [6.07, 6.45) is 5.13. The molecule has 122 valence electrons. The van der Waals surface area contributed by atoms with Crippen molar-refractivity contribution in [3.63, 3.8) is 0 Å². The lowest BCUT2D eigenvalue weighted by molar-refractivity contribution is -0.0399. The van der Waals surface area contributed by atoms with Crippen molar-refractivity contribution in [1.29, 1.82) is 0 Å². The Balaban J connectivity index is 1.86. The first-order chi connectivity index (χ1) is 10.3. The van der Waals surface area contributed by atoms with E-state index in [4.69, 9.17) is 18.8 Å². The second-order valence-corrected chi connectivity index (χ2v) is 6.98. The molecule has 2 aliphatic rings. The molecule has 7 heteroatoms. The van der Waals surface area contributed by atoms with Gasteiger partial charge in [-0.05, 0) is 47.0 Å². The fourth-order valence-electron chi connectivity index (χ4n) is 2.76. The lowest BCUT2D eigenvalue weighted by Gasteiger charge is -2.32. The molecule has 0 N–H and O–H groups in total. The van der Waals surface area contributed by atoms with Crippen LogP contribution < -0.4 is 10.2 Å². The third-order valence-electron chi connectivity index (χ3n) is 4.88. The molecule has 3 heterocycles. The summed E-state index contributed by atoms with van der Waals surface area (Å²) in [7, 11) is 1.14. The zero-order valence-electron chi connectivity index (χ0n) is 14.1. The zero-order valence-corrected chi connectivity index (χ0v) is 14.1. The number of hydrogen-bond donors (Lipinski definition) is 0. The second-order valence-electron chi connectivity index (χ2n) is 6.98. The van der Waals surface area contributed by atoms with Gasteiger partial charge < -0.3 is 18.8 Å². The van der Waals surface area contributed by atoms with Crippen molar-refractivity contribution in [2.75, 3.05) is 13.7 Å². The van der Waals surface area contributed by atoms with Crippen LogP contribution in [0.5, 0.6) is 5.88 Å². The lowest BCUT2D eigenvalue weighted by atomic mass is 9.81. The molecule has 0 aromatic carbocycles. The Kier molecular flexibility index (Phi) is 3.99. The average Bonchev–Trinajstić information content (AvgIpc) is 2.99. The van der Waals surface area contributed by atoms with E-state index in [9.17, 15) is 0 Å². The molecule has 1 unspecified atom stereocenters. The molecule has 1 atom stereocenters. The maximum absolute atomic E-state index is 6.10.